The Kier molecular flexibility index (Phi) is 3.13. The Bertz CT molecular complexity index is 243. The van der Waals surface area contributed by atoms with Crippen LogP contribution in [0.3, 0.4) is 0 Å². The molecule has 0 spiro atoms. The normalized spacial score (nSPS) is 34.8. The number of rotatable bonds is 5. The van der Waals surface area contributed by atoms with Crippen molar-refractivity contribution in [1.82, 2.24) is 0 Å². The lowest BCUT2D eigenvalue weighted by Gasteiger charge is -2.16. The second-order valence-electron chi connectivity index (χ2n) is 3.30. The van der Waals surface area contributed by atoms with E-state index in [0.29, 0.717) is 6.42 Å². The second-order valence-corrected chi connectivity index (χ2v) is 3.30. The largest absolute Gasteiger partial charge is 0.460 e. The summed E-state index contributed by atoms with van der Waals surface area (Å²) in [7, 11) is 0. The Morgan fingerprint density at radius 2 is 2.62 bits per heavy atom. The minimum absolute atomic E-state index is 0.109. The molecule has 1 rings (SSSR count). The molecule has 2 atom stereocenters. The van der Waals surface area contributed by atoms with Crippen LogP contribution in [-0.2, 0) is 9.53 Å². The number of unbranched alkanes of at least 4 members (excludes halogenated alkanes) is 2. The topological polar surface area (TPSA) is 46.5 Å². The summed E-state index contributed by atoms with van der Waals surface area (Å²) in [6.07, 6.45) is -0.763. The van der Waals surface area contributed by atoms with Crippen LogP contribution >= 0.6 is 0 Å². The zero-order chi connectivity index (χ0) is 11.5. The van der Waals surface area contributed by atoms with Crippen LogP contribution in [-0.4, -0.2) is 23.2 Å². The van der Waals surface area contributed by atoms with E-state index in [2.05, 4.69) is 0 Å². The van der Waals surface area contributed by atoms with Crippen molar-refractivity contribution in [2.75, 3.05) is 0 Å². The van der Waals surface area contributed by atoms with Crippen LogP contribution in [0.15, 0.2) is 0 Å². The second kappa shape index (κ2) is 5.22. The van der Waals surface area contributed by atoms with Gasteiger partial charge in [0.25, 0.3) is 0 Å². The Labute approximate surface area is 81.9 Å². The average molecular weight is 188 g/mol. The lowest BCUT2D eigenvalue weighted by molar-refractivity contribution is -0.145. The molecule has 13 heavy (non-hydrogen) atoms. The molecule has 0 aromatic heterocycles. The number of ether oxygens (including phenoxy) is 1. The minimum atomic E-state index is -1.98. The maximum absolute atomic E-state index is 10.9. The monoisotopic (exact) mass is 188 g/mol. The van der Waals surface area contributed by atoms with Gasteiger partial charge in [-0.3, -0.25) is 4.79 Å². The van der Waals surface area contributed by atoms with Crippen LogP contribution in [0.2, 0.25) is 0 Å². The van der Waals surface area contributed by atoms with Gasteiger partial charge < -0.3 is 9.84 Å². The summed E-state index contributed by atoms with van der Waals surface area (Å²) in [5, 5.41) is 9.82. The Hall–Kier alpha value is -0.570. The minimum Gasteiger partial charge on any atom is -0.460 e. The molecule has 1 aliphatic rings. The number of aliphatic hydroxyl groups is 1. The van der Waals surface area contributed by atoms with Crippen LogP contribution in [0.4, 0.5) is 0 Å². The molecule has 0 saturated carbocycles. The molecule has 1 N–H and O–H groups in total. The van der Waals surface area contributed by atoms with Crippen molar-refractivity contribution in [2.24, 2.45) is 0 Å². The summed E-state index contributed by atoms with van der Waals surface area (Å²) < 4.78 is 20.2. The summed E-state index contributed by atoms with van der Waals surface area (Å²) in [5.41, 5.74) is 0. The molecule has 0 amide bonds. The van der Waals surface area contributed by atoms with E-state index in [-0.39, 0.29) is 19.3 Å². The lowest BCUT2D eigenvalue weighted by atomic mass is 10.0. The fraction of sp³-hybridized carbons (Fsp3) is 0.900. The van der Waals surface area contributed by atoms with Gasteiger partial charge in [-0.05, 0) is 12.8 Å². The Morgan fingerprint density at radius 3 is 3.15 bits per heavy atom. The molecule has 3 nitrogen and oxygen atoms in total. The van der Waals surface area contributed by atoms with E-state index in [9.17, 15) is 9.90 Å². The van der Waals surface area contributed by atoms with E-state index in [0.717, 1.165) is 12.8 Å². The van der Waals surface area contributed by atoms with Crippen molar-refractivity contribution >= 4 is 5.97 Å². The molecule has 1 heterocycles. The maximum atomic E-state index is 10.9. The van der Waals surface area contributed by atoms with Gasteiger partial charge in [0.15, 0.2) is 0 Å². The SMILES string of the molecule is [2H][C@@](O)(CCCCC)[C@]1([2H])CCC(=O)O1. The van der Waals surface area contributed by atoms with Crippen LogP contribution in [0, 0.1) is 0 Å². The van der Waals surface area contributed by atoms with Crippen LogP contribution in [0.1, 0.15) is 48.2 Å². The molecule has 0 aliphatic carbocycles. The van der Waals surface area contributed by atoms with Gasteiger partial charge in [-0.25, -0.2) is 0 Å². The predicted octanol–water partition coefficient (Wildman–Crippen LogP) is 1.63. The molecule has 1 saturated heterocycles. The highest BCUT2D eigenvalue weighted by molar-refractivity contribution is 5.71. The summed E-state index contributed by atoms with van der Waals surface area (Å²) >= 11 is 0. The summed E-state index contributed by atoms with van der Waals surface area (Å²) in [4.78, 5) is 10.9. The molecule has 0 aromatic carbocycles. The third-order valence-corrected chi connectivity index (χ3v) is 2.13. The molecule has 0 radical (unpaired) electrons. The number of hydrogen-bond acceptors (Lipinski definition) is 3. The van der Waals surface area contributed by atoms with Gasteiger partial charge in [0.2, 0.25) is 0 Å². The van der Waals surface area contributed by atoms with Crippen LogP contribution < -0.4 is 0 Å². The van der Waals surface area contributed by atoms with Crippen molar-refractivity contribution in [3.8, 4) is 0 Å². The van der Waals surface area contributed by atoms with Crippen molar-refractivity contribution in [1.29, 1.82) is 0 Å². The van der Waals surface area contributed by atoms with Gasteiger partial charge in [-0.1, -0.05) is 26.2 Å². The van der Waals surface area contributed by atoms with Gasteiger partial charge in [-0.2, -0.15) is 0 Å². The first-order valence-electron chi connectivity index (χ1n) is 5.85. The third kappa shape index (κ3) is 3.35. The zero-order valence-electron chi connectivity index (χ0n) is 10.0. The summed E-state index contributed by atoms with van der Waals surface area (Å²) in [6.45, 7) is 2.02. The van der Waals surface area contributed by atoms with E-state index in [1.165, 1.54) is 0 Å². The smallest absolute Gasteiger partial charge is 0.306 e. The first kappa shape index (κ1) is 7.80. The van der Waals surface area contributed by atoms with Gasteiger partial charge in [-0.15, -0.1) is 0 Å². The third-order valence-electron chi connectivity index (χ3n) is 2.13. The maximum Gasteiger partial charge on any atom is 0.306 e. The highest BCUT2D eigenvalue weighted by Gasteiger charge is 2.29. The molecular weight excluding hydrogens is 168 g/mol. The molecule has 76 valence electrons. The Morgan fingerprint density at radius 1 is 1.85 bits per heavy atom. The summed E-state index contributed by atoms with van der Waals surface area (Å²) in [6, 6.07) is 0. The summed E-state index contributed by atoms with van der Waals surface area (Å²) in [5.74, 6) is -0.494. The lowest BCUT2D eigenvalue weighted by Crippen LogP contribution is -2.25. The van der Waals surface area contributed by atoms with E-state index in [4.69, 9.17) is 7.48 Å². The van der Waals surface area contributed by atoms with E-state index < -0.39 is 18.1 Å². The highest BCUT2D eigenvalue weighted by Crippen LogP contribution is 2.20. The quantitative estimate of drug-likeness (QED) is 0.527. The molecule has 1 aliphatic heterocycles. The fourth-order valence-electron chi connectivity index (χ4n) is 1.34. The van der Waals surface area contributed by atoms with E-state index in [1.807, 2.05) is 6.92 Å². The molecule has 0 aromatic rings. The first-order chi connectivity index (χ1) is 6.91. The van der Waals surface area contributed by atoms with Crippen LogP contribution in [0.5, 0.6) is 0 Å². The van der Waals surface area contributed by atoms with Crippen molar-refractivity contribution in [2.45, 2.75) is 57.6 Å². The molecule has 0 bridgehead atoms. The zero-order valence-corrected chi connectivity index (χ0v) is 8.01. The number of carbonyl (C=O) groups excluding carboxylic acids is 1. The van der Waals surface area contributed by atoms with Gasteiger partial charge in [0.05, 0.1) is 8.82 Å². The van der Waals surface area contributed by atoms with E-state index >= 15 is 0 Å². The number of hydrogen-bond donors (Lipinski definition) is 1. The van der Waals surface area contributed by atoms with Crippen molar-refractivity contribution in [3.05, 3.63) is 0 Å². The van der Waals surface area contributed by atoms with Gasteiger partial charge in [0.1, 0.15) is 6.08 Å². The predicted molar refractivity (Wildman–Crippen MR) is 49.3 cm³/mol. The number of cyclic esters (lactones) is 1. The van der Waals surface area contributed by atoms with Gasteiger partial charge in [0, 0.05) is 6.42 Å². The Balaban J connectivity index is 2.55. The van der Waals surface area contributed by atoms with Gasteiger partial charge >= 0.3 is 5.97 Å². The fourth-order valence-corrected chi connectivity index (χ4v) is 1.34. The van der Waals surface area contributed by atoms with Crippen molar-refractivity contribution in [3.63, 3.8) is 0 Å². The molecule has 3 heteroatoms. The van der Waals surface area contributed by atoms with E-state index in [1.54, 1.807) is 0 Å². The number of esters is 1. The molecular formula is C10H18O3. The standard InChI is InChI=1S/C10H18O3/c1-2-3-4-5-8(11)9-6-7-10(12)13-9/h8-9,11H,2-7H2,1H3/t8-,9+/m1/s1/i8D,9D. The highest BCUT2D eigenvalue weighted by atomic mass is 16.6. The van der Waals surface area contributed by atoms with Crippen LogP contribution in [0.25, 0.3) is 0 Å². The number of carbonyl (C=O) groups is 1. The van der Waals surface area contributed by atoms with Crippen molar-refractivity contribution < 1.29 is 17.4 Å². The molecule has 0 unspecified atom stereocenters. The molecule has 1 fully saturated rings. The first-order valence-corrected chi connectivity index (χ1v) is 4.85. The average Bonchev–Trinajstić information content (AvgIpc) is 2.48.